The maximum atomic E-state index is 11.9. The number of anilines is 1. The third kappa shape index (κ3) is 4.56. The fourth-order valence-corrected chi connectivity index (χ4v) is 3.26. The van der Waals surface area contributed by atoms with Crippen LogP contribution in [0.4, 0.5) is 5.69 Å². The Morgan fingerprint density at radius 2 is 2.05 bits per heavy atom. The molecule has 0 radical (unpaired) electrons. The maximum absolute atomic E-state index is 11.9. The fourth-order valence-electron chi connectivity index (χ4n) is 2.39. The average molecular weight is 307 g/mol. The maximum Gasteiger partial charge on any atom is 0.193 e. The second-order valence-corrected chi connectivity index (χ2v) is 8.72. The van der Waals surface area contributed by atoms with Gasteiger partial charge in [0.15, 0.2) is 5.96 Å². The summed E-state index contributed by atoms with van der Waals surface area (Å²) < 4.78 is 11.7. The lowest BCUT2D eigenvalue weighted by Crippen LogP contribution is -2.27. The van der Waals surface area contributed by atoms with Crippen molar-refractivity contribution in [3.05, 3.63) is 29.3 Å². The Bertz CT molecular complexity index is 561. The Morgan fingerprint density at radius 1 is 1.33 bits per heavy atom. The molecule has 21 heavy (non-hydrogen) atoms. The van der Waals surface area contributed by atoms with Crippen molar-refractivity contribution >= 4 is 22.4 Å². The van der Waals surface area contributed by atoms with Crippen LogP contribution in [0.25, 0.3) is 0 Å². The molecule has 1 aliphatic carbocycles. The molecule has 0 saturated carbocycles. The lowest BCUT2D eigenvalue weighted by Gasteiger charge is -2.16. The summed E-state index contributed by atoms with van der Waals surface area (Å²) in [6.45, 7) is 6.39. The van der Waals surface area contributed by atoms with E-state index in [9.17, 15) is 4.21 Å². The summed E-state index contributed by atoms with van der Waals surface area (Å²) in [5.41, 5.74) is 9.71. The molecule has 1 aliphatic rings. The lowest BCUT2D eigenvalue weighted by atomic mass is 10.1. The third-order valence-corrected chi connectivity index (χ3v) is 5.53. The quantitative estimate of drug-likeness (QED) is 0.663. The summed E-state index contributed by atoms with van der Waals surface area (Å²) in [5, 5.41) is 3.11. The average Bonchev–Trinajstić information content (AvgIpc) is 2.84. The van der Waals surface area contributed by atoms with Gasteiger partial charge in [-0.1, -0.05) is 6.07 Å². The number of benzene rings is 1. The Balaban J connectivity index is 1.88. The first-order valence-electron chi connectivity index (χ1n) is 7.43. The van der Waals surface area contributed by atoms with Crippen LogP contribution >= 0.6 is 0 Å². The molecular formula is C16H25N3OS. The smallest absolute Gasteiger partial charge is 0.193 e. The minimum absolute atomic E-state index is 0.197. The normalized spacial score (nSPS) is 16.6. The molecule has 0 heterocycles. The van der Waals surface area contributed by atoms with Crippen molar-refractivity contribution < 1.29 is 4.21 Å². The molecule has 1 aromatic rings. The van der Waals surface area contributed by atoms with Gasteiger partial charge in [-0.25, -0.2) is 0 Å². The Kier molecular flexibility index (Phi) is 5.04. The van der Waals surface area contributed by atoms with Crippen molar-refractivity contribution in [1.29, 1.82) is 0 Å². The van der Waals surface area contributed by atoms with Gasteiger partial charge in [-0.2, -0.15) is 0 Å². The zero-order chi connectivity index (χ0) is 15.5. The molecule has 1 aromatic carbocycles. The number of fused-ring (bicyclic) bond motifs is 1. The van der Waals surface area contributed by atoms with E-state index in [1.54, 1.807) is 0 Å². The molecule has 1 unspecified atom stereocenters. The van der Waals surface area contributed by atoms with Gasteiger partial charge in [-0.05, 0) is 63.3 Å². The number of aliphatic imine (C=N–C) groups is 1. The molecule has 0 bridgehead atoms. The molecule has 0 spiro atoms. The van der Waals surface area contributed by atoms with E-state index in [4.69, 9.17) is 5.73 Å². The number of nitrogens with zero attached hydrogens (tertiary/aromatic N) is 1. The van der Waals surface area contributed by atoms with Gasteiger partial charge in [0.05, 0.1) is 6.54 Å². The third-order valence-electron chi connectivity index (χ3n) is 3.61. The van der Waals surface area contributed by atoms with E-state index in [-0.39, 0.29) is 4.75 Å². The van der Waals surface area contributed by atoms with E-state index < -0.39 is 10.8 Å². The zero-order valence-electron chi connectivity index (χ0n) is 13.1. The van der Waals surface area contributed by atoms with Crippen LogP contribution in [0.2, 0.25) is 0 Å². The van der Waals surface area contributed by atoms with Crippen LogP contribution in [0.1, 0.15) is 38.3 Å². The van der Waals surface area contributed by atoms with Crippen molar-refractivity contribution in [2.75, 3.05) is 17.6 Å². The van der Waals surface area contributed by atoms with E-state index >= 15 is 0 Å². The van der Waals surface area contributed by atoms with Gasteiger partial charge >= 0.3 is 0 Å². The molecule has 0 saturated heterocycles. The summed E-state index contributed by atoms with van der Waals surface area (Å²) in [7, 11) is -0.891. The highest BCUT2D eigenvalue weighted by molar-refractivity contribution is 7.86. The van der Waals surface area contributed by atoms with Crippen molar-refractivity contribution in [1.82, 2.24) is 0 Å². The Hall–Kier alpha value is -1.36. The lowest BCUT2D eigenvalue weighted by molar-refractivity contribution is 0.648. The summed E-state index contributed by atoms with van der Waals surface area (Å²) in [6, 6.07) is 6.35. The predicted octanol–water partition coefficient (Wildman–Crippen LogP) is 2.45. The van der Waals surface area contributed by atoms with Crippen molar-refractivity contribution in [3.8, 4) is 0 Å². The molecule has 2 rings (SSSR count). The van der Waals surface area contributed by atoms with Gasteiger partial charge in [0.1, 0.15) is 0 Å². The number of hydrogen-bond donors (Lipinski definition) is 2. The van der Waals surface area contributed by atoms with Crippen LogP contribution in [0, 0.1) is 0 Å². The van der Waals surface area contributed by atoms with Crippen LogP contribution in [-0.2, 0) is 23.6 Å². The van der Waals surface area contributed by atoms with Gasteiger partial charge < -0.3 is 11.1 Å². The molecule has 0 aromatic heterocycles. The van der Waals surface area contributed by atoms with E-state index in [1.165, 1.54) is 24.0 Å². The summed E-state index contributed by atoms with van der Waals surface area (Å²) in [5.74, 6) is 0.926. The molecule has 0 amide bonds. The molecule has 3 N–H and O–H groups in total. The molecule has 5 heteroatoms. The van der Waals surface area contributed by atoms with Crippen LogP contribution in [0.15, 0.2) is 23.2 Å². The number of aryl methyl sites for hydroxylation is 2. The first-order valence-corrected chi connectivity index (χ1v) is 8.75. The first kappa shape index (κ1) is 16.0. The topological polar surface area (TPSA) is 67.5 Å². The minimum Gasteiger partial charge on any atom is -0.370 e. The molecular weight excluding hydrogens is 282 g/mol. The van der Waals surface area contributed by atoms with Crippen molar-refractivity contribution in [3.63, 3.8) is 0 Å². The second kappa shape index (κ2) is 6.60. The molecule has 0 aliphatic heterocycles. The van der Waals surface area contributed by atoms with E-state index in [0.29, 0.717) is 18.3 Å². The number of hydrogen-bond acceptors (Lipinski definition) is 2. The highest BCUT2D eigenvalue weighted by atomic mass is 32.2. The summed E-state index contributed by atoms with van der Waals surface area (Å²) >= 11 is 0. The Labute approximate surface area is 129 Å². The highest BCUT2D eigenvalue weighted by Gasteiger charge is 2.18. The number of nitrogens with two attached hydrogens (primary N) is 1. The van der Waals surface area contributed by atoms with Crippen molar-refractivity contribution in [2.45, 2.75) is 44.8 Å². The largest absolute Gasteiger partial charge is 0.370 e. The van der Waals surface area contributed by atoms with Crippen LogP contribution in [0.5, 0.6) is 0 Å². The highest BCUT2D eigenvalue weighted by Crippen LogP contribution is 2.24. The number of nitrogens with one attached hydrogen (secondary N) is 1. The van der Waals surface area contributed by atoms with Gasteiger partial charge in [-0.15, -0.1) is 0 Å². The monoisotopic (exact) mass is 307 g/mol. The Morgan fingerprint density at radius 3 is 2.76 bits per heavy atom. The van der Waals surface area contributed by atoms with Crippen LogP contribution in [-0.4, -0.2) is 27.2 Å². The van der Waals surface area contributed by atoms with Crippen LogP contribution < -0.4 is 11.1 Å². The van der Waals surface area contributed by atoms with E-state index in [1.807, 2.05) is 26.8 Å². The summed E-state index contributed by atoms with van der Waals surface area (Å²) in [4.78, 5) is 4.26. The van der Waals surface area contributed by atoms with Gasteiger partial charge in [0, 0.05) is 27.0 Å². The van der Waals surface area contributed by atoms with E-state index in [0.717, 1.165) is 12.1 Å². The molecule has 4 nitrogen and oxygen atoms in total. The number of rotatable bonds is 4. The predicted molar refractivity (Wildman–Crippen MR) is 91.3 cm³/mol. The van der Waals surface area contributed by atoms with Gasteiger partial charge in [0.2, 0.25) is 0 Å². The second-order valence-electron chi connectivity index (χ2n) is 6.39. The standard InChI is InChI=1S/C16H25N3OS/c1-16(2,3)21(20)10-9-18-15(17)19-14-8-7-12-5-4-6-13(12)11-14/h7-8,11H,4-6,9-10H2,1-3H3,(H3,17,18,19). The number of guanidine groups is 1. The van der Waals surface area contributed by atoms with Gasteiger partial charge in [-0.3, -0.25) is 9.20 Å². The fraction of sp³-hybridized carbons (Fsp3) is 0.562. The zero-order valence-corrected chi connectivity index (χ0v) is 13.9. The minimum atomic E-state index is -0.891. The molecule has 116 valence electrons. The summed E-state index contributed by atoms with van der Waals surface area (Å²) in [6.07, 6.45) is 3.56. The molecule has 1 atom stereocenters. The van der Waals surface area contributed by atoms with Crippen LogP contribution in [0.3, 0.4) is 0 Å². The van der Waals surface area contributed by atoms with E-state index in [2.05, 4.69) is 22.4 Å². The SMILES string of the molecule is CC(C)(C)S(=O)CCN=C(N)Nc1ccc2c(c1)CCC2. The molecule has 0 fully saturated rings. The first-order chi connectivity index (χ1) is 9.86. The van der Waals surface area contributed by atoms with Crippen molar-refractivity contribution in [2.24, 2.45) is 10.7 Å². The van der Waals surface area contributed by atoms with Gasteiger partial charge in [0.25, 0.3) is 0 Å².